The second kappa shape index (κ2) is 7.48. The molecule has 0 aliphatic heterocycles. The van der Waals surface area contributed by atoms with Crippen LogP contribution in [-0.4, -0.2) is 24.2 Å². The largest absolute Gasteiger partial charge is 0.396 e. The van der Waals surface area contributed by atoms with Crippen LogP contribution in [0, 0.1) is 11.8 Å². The molecule has 0 atom stereocenters. The van der Waals surface area contributed by atoms with Crippen molar-refractivity contribution in [2.24, 2.45) is 0 Å². The third kappa shape index (κ3) is 5.74. The van der Waals surface area contributed by atoms with E-state index in [1.807, 2.05) is 24.3 Å². The van der Waals surface area contributed by atoms with Gasteiger partial charge in [0, 0.05) is 32.1 Å². The van der Waals surface area contributed by atoms with Gasteiger partial charge in [-0.1, -0.05) is 24.0 Å². The van der Waals surface area contributed by atoms with Crippen molar-refractivity contribution in [1.82, 2.24) is 5.32 Å². The summed E-state index contributed by atoms with van der Waals surface area (Å²) in [6.07, 6.45) is 1.30. The Kier molecular flexibility index (Phi) is 5.84. The van der Waals surface area contributed by atoms with Crippen LogP contribution in [0.3, 0.4) is 0 Å². The Bertz CT molecular complexity index is 429. The summed E-state index contributed by atoms with van der Waals surface area (Å²) in [5.41, 5.74) is 2.03. The van der Waals surface area contributed by atoms with E-state index in [9.17, 15) is 4.79 Å². The van der Waals surface area contributed by atoms with Crippen molar-refractivity contribution < 1.29 is 9.90 Å². The average molecular weight is 231 g/mol. The average Bonchev–Trinajstić information content (AvgIpc) is 2.29. The summed E-state index contributed by atoms with van der Waals surface area (Å²) >= 11 is 0. The molecule has 0 aliphatic rings. The van der Waals surface area contributed by atoms with Crippen LogP contribution in [-0.2, 0) is 11.2 Å². The van der Waals surface area contributed by atoms with E-state index in [-0.39, 0.29) is 12.5 Å². The van der Waals surface area contributed by atoms with Crippen molar-refractivity contribution in [2.45, 2.75) is 19.8 Å². The van der Waals surface area contributed by atoms with Crippen LogP contribution >= 0.6 is 0 Å². The van der Waals surface area contributed by atoms with E-state index < -0.39 is 0 Å². The van der Waals surface area contributed by atoms with Crippen molar-refractivity contribution in [2.75, 3.05) is 13.2 Å². The number of rotatable bonds is 4. The lowest BCUT2D eigenvalue weighted by Gasteiger charge is -1.98. The minimum absolute atomic E-state index is 0.0308. The molecule has 1 rings (SSSR count). The van der Waals surface area contributed by atoms with Gasteiger partial charge in [-0.05, 0) is 24.1 Å². The van der Waals surface area contributed by atoms with Crippen LogP contribution in [0.5, 0.6) is 0 Å². The van der Waals surface area contributed by atoms with Gasteiger partial charge < -0.3 is 10.4 Å². The van der Waals surface area contributed by atoms with Gasteiger partial charge in [-0.3, -0.25) is 4.79 Å². The van der Waals surface area contributed by atoms with Crippen molar-refractivity contribution in [3.8, 4) is 11.8 Å². The van der Waals surface area contributed by atoms with E-state index in [1.54, 1.807) is 0 Å². The maximum Gasteiger partial charge on any atom is 0.216 e. The summed E-state index contributed by atoms with van der Waals surface area (Å²) in [5, 5.41) is 11.5. The smallest absolute Gasteiger partial charge is 0.216 e. The van der Waals surface area contributed by atoms with Crippen LogP contribution in [0.1, 0.15) is 24.5 Å². The molecule has 0 saturated carbocycles. The second-order valence-corrected chi connectivity index (χ2v) is 3.71. The molecule has 0 saturated heterocycles. The third-order valence-corrected chi connectivity index (χ3v) is 2.18. The number of carbonyl (C=O) groups is 1. The minimum atomic E-state index is -0.0308. The standard InChI is InChI=1S/C14H17NO2/c1-12(17)15-9-3-2-5-13-6-4-7-14(11-13)8-10-16/h4,6-7,11,16H,3,8-10H2,1H3,(H,15,17). The number of aliphatic hydroxyl groups excluding tert-OH is 1. The number of hydrogen-bond donors (Lipinski definition) is 2. The molecule has 0 bridgehead atoms. The molecule has 0 unspecified atom stereocenters. The van der Waals surface area contributed by atoms with E-state index >= 15 is 0 Å². The zero-order valence-corrected chi connectivity index (χ0v) is 9.99. The Balaban J connectivity index is 2.47. The molecule has 0 radical (unpaired) electrons. The number of carbonyl (C=O) groups excluding carboxylic acids is 1. The predicted molar refractivity (Wildman–Crippen MR) is 67.4 cm³/mol. The van der Waals surface area contributed by atoms with Gasteiger partial charge in [0.25, 0.3) is 0 Å². The normalized spacial score (nSPS) is 9.29. The Morgan fingerprint density at radius 1 is 1.47 bits per heavy atom. The molecule has 90 valence electrons. The van der Waals surface area contributed by atoms with Gasteiger partial charge in [0.15, 0.2) is 0 Å². The van der Waals surface area contributed by atoms with E-state index in [0.29, 0.717) is 19.4 Å². The van der Waals surface area contributed by atoms with Gasteiger partial charge in [0.05, 0.1) is 0 Å². The highest BCUT2D eigenvalue weighted by molar-refractivity contribution is 5.72. The predicted octanol–water partition coefficient (Wildman–Crippen LogP) is 1.10. The number of amides is 1. The van der Waals surface area contributed by atoms with E-state index in [2.05, 4.69) is 17.2 Å². The fourth-order valence-electron chi connectivity index (χ4n) is 1.40. The van der Waals surface area contributed by atoms with Crippen LogP contribution in [0.2, 0.25) is 0 Å². The van der Waals surface area contributed by atoms with Crippen molar-refractivity contribution in [3.05, 3.63) is 35.4 Å². The highest BCUT2D eigenvalue weighted by Gasteiger charge is 1.92. The van der Waals surface area contributed by atoms with Gasteiger partial charge in [0.1, 0.15) is 0 Å². The van der Waals surface area contributed by atoms with E-state index in [1.165, 1.54) is 6.92 Å². The van der Waals surface area contributed by atoms with Gasteiger partial charge in [-0.2, -0.15) is 0 Å². The Hall–Kier alpha value is -1.79. The third-order valence-electron chi connectivity index (χ3n) is 2.18. The molecule has 0 spiro atoms. The van der Waals surface area contributed by atoms with Crippen LogP contribution in [0.25, 0.3) is 0 Å². The summed E-state index contributed by atoms with van der Waals surface area (Å²) < 4.78 is 0. The highest BCUT2D eigenvalue weighted by atomic mass is 16.2. The SMILES string of the molecule is CC(=O)NCCC#Cc1cccc(CCO)c1. The molecule has 1 aromatic rings. The molecule has 17 heavy (non-hydrogen) atoms. The molecule has 0 heterocycles. The van der Waals surface area contributed by atoms with Crippen molar-refractivity contribution >= 4 is 5.91 Å². The molecule has 1 amide bonds. The second-order valence-electron chi connectivity index (χ2n) is 3.71. The fourth-order valence-corrected chi connectivity index (χ4v) is 1.40. The minimum Gasteiger partial charge on any atom is -0.396 e. The van der Waals surface area contributed by atoms with Gasteiger partial charge in [-0.25, -0.2) is 0 Å². The Morgan fingerprint density at radius 3 is 3.00 bits per heavy atom. The first-order valence-electron chi connectivity index (χ1n) is 5.65. The molecular formula is C14H17NO2. The molecule has 0 aromatic heterocycles. The molecule has 3 nitrogen and oxygen atoms in total. The van der Waals surface area contributed by atoms with Gasteiger partial charge in [0.2, 0.25) is 5.91 Å². The summed E-state index contributed by atoms with van der Waals surface area (Å²) in [7, 11) is 0. The number of aliphatic hydroxyl groups is 1. The van der Waals surface area contributed by atoms with Gasteiger partial charge in [-0.15, -0.1) is 0 Å². The lowest BCUT2D eigenvalue weighted by Crippen LogP contribution is -2.20. The molecule has 0 aliphatic carbocycles. The van der Waals surface area contributed by atoms with Gasteiger partial charge >= 0.3 is 0 Å². The van der Waals surface area contributed by atoms with Crippen molar-refractivity contribution in [1.29, 1.82) is 0 Å². The number of nitrogens with one attached hydrogen (secondary N) is 1. The summed E-state index contributed by atoms with van der Waals surface area (Å²) in [6.45, 7) is 2.23. The zero-order valence-electron chi connectivity index (χ0n) is 9.99. The molecule has 1 aromatic carbocycles. The summed E-state index contributed by atoms with van der Waals surface area (Å²) in [4.78, 5) is 10.6. The molecule has 2 N–H and O–H groups in total. The summed E-state index contributed by atoms with van der Waals surface area (Å²) in [5.74, 6) is 6.00. The molecular weight excluding hydrogens is 214 g/mol. The van der Waals surface area contributed by atoms with Crippen molar-refractivity contribution in [3.63, 3.8) is 0 Å². The monoisotopic (exact) mass is 231 g/mol. The summed E-state index contributed by atoms with van der Waals surface area (Å²) in [6, 6.07) is 7.81. The quantitative estimate of drug-likeness (QED) is 0.602. The molecule has 0 fully saturated rings. The lowest BCUT2D eigenvalue weighted by atomic mass is 10.1. The lowest BCUT2D eigenvalue weighted by molar-refractivity contribution is -0.118. The van der Waals surface area contributed by atoms with Crippen LogP contribution in [0.15, 0.2) is 24.3 Å². The fraction of sp³-hybridized carbons (Fsp3) is 0.357. The Morgan fingerprint density at radius 2 is 2.29 bits per heavy atom. The van der Waals surface area contributed by atoms with E-state index in [0.717, 1.165) is 11.1 Å². The topological polar surface area (TPSA) is 49.3 Å². The zero-order chi connectivity index (χ0) is 12.5. The van der Waals surface area contributed by atoms with Crippen LogP contribution in [0.4, 0.5) is 0 Å². The first-order chi connectivity index (χ1) is 8.22. The maximum absolute atomic E-state index is 10.6. The maximum atomic E-state index is 10.6. The first-order valence-corrected chi connectivity index (χ1v) is 5.65. The van der Waals surface area contributed by atoms with Crippen LogP contribution < -0.4 is 5.32 Å². The number of hydrogen-bond acceptors (Lipinski definition) is 2. The first kappa shape index (κ1) is 13.3. The Labute approximate surface area is 102 Å². The number of benzene rings is 1. The highest BCUT2D eigenvalue weighted by Crippen LogP contribution is 2.04. The molecule has 3 heteroatoms. The van der Waals surface area contributed by atoms with E-state index in [4.69, 9.17) is 5.11 Å².